The van der Waals surface area contributed by atoms with E-state index in [0.717, 1.165) is 23.9 Å². The summed E-state index contributed by atoms with van der Waals surface area (Å²) in [6.45, 7) is 10.6. The van der Waals surface area contributed by atoms with Crippen molar-refractivity contribution < 1.29 is 0 Å². The number of aromatic nitrogens is 2. The van der Waals surface area contributed by atoms with Crippen LogP contribution in [0.4, 0.5) is 0 Å². The van der Waals surface area contributed by atoms with Gasteiger partial charge in [0.05, 0.1) is 17.8 Å². The van der Waals surface area contributed by atoms with Crippen LogP contribution in [0.3, 0.4) is 0 Å². The van der Waals surface area contributed by atoms with E-state index in [0.29, 0.717) is 0 Å². The van der Waals surface area contributed by atoms with Crippen molar-refractivity contribution in [1.82, 2.24) is 19.8 Å². The molecule has 1 aliphatic rings. The summed E-state index contributed by atoms with van der Waals surface area (Å²) in [5.41, 5.74) is 5.00. The smallest absolute Gasteiger partial charge is 0.170 e. The largest absolute Gasteiger partial charge is 0.352 e. The number of aryl methyl sites for hydroxylation is 1. The van der Waals surface area contributed by atoms with Gasteiger partial charge >= 0.3 is 0 Å². The molecule has 3 heterocycles. The SMILES string of the molecule is CCN1C(=S)N[C@@H](c2ccccn2)[C@H]1c1cc(C)n(CC)c1C. The van der Waals surface area contributed by atoms with E-state index in [9.17, 15) is 0 Å². The van der Waals surface area contributed by atoms with Crippen LogP contribution in [0.2, 0.25) is 0 Å². The molecule has 2 atom stereocenters. The summed E-state index contributed by atoms with van der Waals surface area (Å²) in [4.78, 5) is 6.84. The van der Waals surface area contributed by atoms with Crippen molar-refractivity contribution in [3.63, 3.8) is 0 Å². The first kappa shape index (κ1) is 16.0. The molecule has 0 unspecified atom stereocenters. The van der Waals surface area contributed by atoms with Gasteiger partial charge in [-0.05, 0) is 63.7 Å². The lowest BCUT2D eigenvalue weighted by Gasteiger charge is -2.27. The van der Waals surface area contributed by atoms with Crippen LogP contribution in [-0.2, 0) is 6.54 Å². The lowest BCUT2D eigenvalue weighted by molar-refractivity contribution is 0.329. The summed E-state index contributed by atoms with van der Waals surface area (Å²) in [7, 11) is 0. The average molecular weight is 328 g/mol. The number of thiocarbonyl (C=S) groups is 1. The number of rotatable bonds is 4. The van der Waals surface area contributed by atoms with Crippen LogP contribution in [0.15, 0.2) is 30.5 Å². The Bertz CT molecular complexity index is 707. The molecule has 0 aliphatic carbocycles. The predicted molar refractivity (Wildman–Crippen MR) is 97.4 cm³/mol. The number of nitrogens with one attached hydrogen (secondary N) is 1. The summed E-state index contributed by atoms with van der Waals surface area (Å²) in [5.74, 6) is 0. The van der Waals surface area contributed by atoms with Crippen molar-refractivity contribution in [1.29, 1.82) is 0 Å². The highest BCUT2D eigenvalue weighted by Crippen LogP contribution is 2.40. The maximum atomic E-state index is 5.59. The van der Waals surface area contributed by atoms with Crippen molar-refractivity contribution in [2.75, 3.05) is 6.54 Å². The Kier molecular flexibility index (Phi) is 4.39. The molecule has 1 saturated heterocycles. The highest BCUT2D eigenvalue weighted by atomic mass is 32.1. The van der Waals surface area contributed by atoms with Gasteiger partial charge in [0, 0.05) is 30.7 Å². The van der Waals surface area contributed by atoms with E-state index in [1.54, 1.807) is 0 Å². The standard InChI is InChI=1S/C18H24N4S/c1-5-21-12(3)11-14(13(21)4)17-16(15-9-7-8-10-19-15)20-18(23)22(17)6-2/h7-11,16-17H,5-6H2,1-4H3,(H,20,23)/t16-,17+/m0/s1. The molecule has 0 spiro atoms. The van der Waals surface area contributed by atoms with E-state index in [4.69, 9.17) is 12.2 Å². The van der Waals surface area contributed by atoms with E-state index in [2.05, 4.69) is 59.6 Å². The van der Waals surface area contributed by atoms with Gasteiger partial charge in [0.2, 0.25) is 0 Å². The van der Waals surface area contributed by atoms with Crippen molar-refractivity contribution in [3.8, 4) is 0 Å². The fourth-order valence-electron chi connectivity index (χ4n) is 3.70. The monoisotopic (exact) mass is 328 g/mol. The molecule has 0 aromatic carbocycles. The van der Waals surface area contributed by atoms with Gasteiger partial charge in [0.25, 0.3) is 0 Å². The molecule has 1 fully saturated rings. The number of pyridine rings is 1. The fraction of sp³-hybridized carbons (Fsp3) is 0.444. The van der Waals surface area contributed by atoms with Gasteiger partial charge in [-0.1, -0.05) is 6.07 Å². The Balaban J connectivity index is 2.10. The van der Waals surface area contributed by atoms with E-state index >= 15 is 0 Å². The van der Waals surface area contributed by atoms with Gasteiger partial charge in [0.15, 0.2) is 5.11 Å². The first-order chi connectivity index (χ1) is 11.1. The minimum absolute atomic E-state index is 0.0921. The Morgan fingerprint density at radius 2 is 2.00 bits per heavy atom. The van der Waals surface area contributed by atoms with E-state index in [-0.39, 0.29) is 12.1 Å². The predicted octanol–water partition coefficient (Wildman–Crippen LogP) is 3.51. The zero-order valence-electron chi connectivity index (χ0n) is 14.2. The molecule has 5 heteroatoms. The van der Waals surface area contributed by atoms with Gasteiger partial charge in [-0.25, -0.2) is 0 Å². The first-order valence-corrected chi connectivity index (χ1v) is 8.64. The van der Waals surface area contributed by atoms with Crippen LogP contribution in [0.5, 0.6) is 0 Å². The van der Waals surface area contributed by atoms with Crippen molar-refractivity contribution in [3.05, 3.63) is 53.1 Å². The van der Waals surface area contributed by atoms with E-state index in [1.165, 1.54) is 17.0 Å². The topological polar surface area (TPSA) is 33.1 Å². The Morgan fingerprint density at radius 3 is 2.57 bits per heavy atom. The highest BCUT2D eigenvalue weighted by molar-refractivity contribution is 7.80. The Labute approximate surface area is 143 Å². The lowest BCUT2D eigenvalue weighted by Crippen LogP contribution is -2.29. The van der Waals surface area contributed by atoms with Crippen molar-refractivity contribution >= 4 is 17.3 Å². The molecular weight excluding hydrogens is 304 g/mol. The minimum atomic E-state index is 0.0921. The Morgan fingerprint density at radius 1 is 1.22 bits per heavy atom. The van der Waals surface area contributed by atoms with Crippen molar-refractivity contribution in [2.24, 2.45) is 0 Å². The van der Waals surface area contributed by atoms with Crippen LogP contribution in [0.25, 0.3) is 0 Å². The lowest BCUT2D eigenvalue weighted by atomic mass is 9.97. The number of likely N-dealkylation sites (N-methyl/N-ethyl adjacent to an activating group) is 1. The van der Waals surface area contributed by atoms with Crippen molar-refractivity contribution in [2.45, 2.75) is 46.3 Å². The number of hydrogen-bond donors (Lipinski definition) is 1. The van der Waals surface area contributed by atoms with Gasteiger partial charge < -0.3 is 14.8 Å². The molecule has 1 N–H and O–H groups in total. The zero-order valence-corrected chi connectivity index (χ0v) is 15.0. The molecule has 0 radical (unpaired) electrons. The third-order valence-electron chi connectivity index (χ3n) is 4.79. The van der Waals surface area contributed by atoms with Gasteiger partial charge in [0.1, 0.15) is 0 Å². The van der Waals surface area contributed by atoms with E-state index in [1.807, 2.05) is 18.3 Å². The second-order valence-corrected chi connectivity index (χ2v) is 6.37. The maximum absolute atomic E-state index is 5.59. The number of hydrogen-bond acceptors (Lipinski definition) is 2. The fourth-order valence-corrected chi connectivity index (χ4v) is 4.07. The third-order valence-corrected chi connectivity index (χ3v) is 5.14. The molecule has 1 aliphatic heterocycles. The molecule has 0 saturated carbocycles. The van der Waals surface area contributed by atoms with Crippen LogP contribution in [0, 0.1) is 13.8 Å². The first-order valence-electron chi connectivity index (χ1n) is 8.23. The average Bonchev–Trinajstić information content (AvgIpc) is 3.04. The molecule has 23 heavy (non-hydrogen) atoms. The molecule has 2 aromatic rings. The molecule has 0 bridgehead atoms. The molecule has 3 rings (SSSR count). The zero-order chi connectivity index (χ0) is 16.6. The summed E-state index contributed by atoms with van der Waals surface area (Å²) < 4.78 is 2.36. The summed E-state index contributed by atoms with van der Waals surface area (Å²) >= 11 is 5.59. The third kappa shape index (κ3) is 2.63. The van der Waals surface area contributed by atoms with Crippen LogP contribution in [-0.4, -0.2) is 26.1 Å². The van der Waals surface area contributed by atoms with Gasteiger partial charge in [-0.15, -0.1) is 0 Å². The Hall–Kier alpha value is -1.88. The molecular formula is C18H24N4S. The second kappa shape index (κ2) is 6.32. The summed E-state index contributed by atoms with van der Waals surface area (Å²) in [6.07, 6.45) is 1.85. The molecule has 0 amide bonds. The highest BCUT2D eigenvalue weighted by Gasteiger charge is 2.40. The second-order valence-electron chi connectivity index (χ2n) is 5.98. The molecule has 2 aromatic heterocycles. The van der Waals surface area contributed by atoms with E-state index < -0.39 is 0 Å². The minimum Gasteiger partial charge on any atom is -0.352 e. The molecule has 4 nitrogen and oxygen atoms in total. The van der Waals surface area contributed by atoms with Crippen LogP contribution >= 0.6 is 12.2 Å². The normalized spacial score (nSPS) is 20.9. The molecule has 122 valence electrons. The summed E-state index contributed by atoms with van der Waals surface area (Å²) in [5, 5.41) is 4.29. The van der Waals surface area contributed by atoms with Crippen LogP contribution < -0.4 is 5.32 Å². The van der Waals surface area contributed by atoms with Gasteiger partial charge in [-0.3, -0.25) is 4.98 Å². The number of nitrogens with zero attached hydrogens (tertiary/aromatic N) is 3. The maximum Gasteiger partial charge on any atom is 0.170 e. The summed E-state index contributed by atoms with van der Waals surface area (Å²) in [6, 6.07) is 8.65. The van der Waals surface area contributed by atoms with Crippen LogP contribution in [0.1, 0.15) is 48.6 Å². The quantitative estimate of drug-likeness (QED) is 0.871. The van der Waals surface area contributed by atoms with Gasteiger partial charge in [-0.2, -0.15) is 0 Å².